The summed E-state index contributed by atoms with van der Waals surface area (Å²) in [7, 11) is 0. The van der Waals surface area contributed by atoms with Crippen LogP contribution in [0.2, 0.25) is 0 Å². The Morgan fingerprint density at radius 3 is 2.95 bits per heavy atom. The molecule has 20 heavy (non-hydrogen) atoms. The summed E-state index contributed by atoms with van der Waals surface area (Å²) in [6, 6.07) is 6.60. The number of aromatic nitrogens is 2. The van der Waals surface area contributed by atoms with Gasteiger partial charge in [0.25, 0.3) is 0 Å². The zero-order valence-corrected chi connectivity index (χ0v) is 11.2. The highest BCUT2D eigenvalue weighted by molar-refractivity contribution is 7.99. The number of amides is 1. The number of para-hydroxylation sites is 2. The second kappa shape index (κ2) is 6.39. The normalized spacial score (nSPS) is 10.7. The van der Waals surface area contributed by atoms with Crippen LogP contribution in [0.25, 0.3) is 11.0 Å². The first kappa shape index (κ1) is 14.3. The molecule has 1 aromatic heterocycles. The molecule has 0 fully saturated rings. The van der Waals surface area contributed by atoms with E-state index in [4.69, 9.17) is 6.42 Å². The first-order chi connectivity index (χ1) is 9.63. The Bertz CT molecular complexity index is 663. The minimum atomic E-state index is -2.71. The van der Waals surface area contributed by atoms with Crippen molar-refractivity contribution in [1.29, 1.82) is 0 Å². The summed E-state index contributed by atoms with van der Waals surface area (Å²) in [4.78, 5) is 15.5. The standard InChI is InChI=1S/C13H11F2N3OS/c1-2-7-16-11(19)8-20-13-17-9-5-3-4-6-10(9)18(13)12(14)15/h1,3-6,12H,7-8H2,(H,16,19). The summed E-state index contributed by atoms with van der Waals surface area (Å²) >= 11 is 0.951. The van der Waals surface area contributed by atoms with Crippen LogP contribution in [0.1, 0.15) is 6.55 Å². The molecule has 7 heteroatoms. The van der Waals surface area contributed by atoms with Crippen LogP contribution in [0.5, 0.6) is 0 Å². The lowest BCUT2D eigenvalue weighted by atomic mass is 10.3. The van der Waals surface area contributed by atoms with E-state index in [0.717, 1.165) is 16.3 Å². The zero-order chi connectivity index (χ0) is 14.5. The molecule has 0 aliphatic carbocycles. The van der Waals surface area contributed by atoms with E-state index in [2.05, 4.69) is 16.2 Å². The number of alkyl halides is 2. The molecule has 0 atom stereocenters. The first-order valence-electron chi connectivity index (χ1n) is 5.71. The monoisotopic (exact) mass is 295 g/mol. The number of hydrogen-bond acceptors (Lipinski definition) is 3. The fourth-order valence-electron chi connectivity index (χ4n) is 1.64. The lowest BCUT2D eigenvalue weighted by Gasteiger charge is -2.06. The summed E-state index contributed by atoms with van der Waals surface area (Å²) in [6.45, 7) is -2.59. The minimum Gasteiger partial charge on any atom is -0.344 e. The smallest absolute Gasteiger partial charge is 0.321 e. The van der Waals surface area contributed by atoms with E-state index in [9.17, 15) is 13.6 Å². The van der Waals surface area contributed by atoms with E-state index in [0.29, 0.717) is 11.0 Å². The highest BCUT2D eigenvalue weighted by Gasteiger charge is 2.18. The minimum absolute atomic E-state index is 0.0161. The van der Waals surface area contributed by atoms with Crippen molar-refractivity contribution in [2.24, 2.45) is 0 Å². The van der Waals surface area contributed by atoms with Crippen molar-refractivity contribution >= 4 is 28.7 Å². The maximum atomic E-state index is 13.1. The van der Waals surface area contributed by atoms with Crippen LogP contribution in [0, 0.1) is 12.3 Å². The van der Waals surface area contributed by atoms with Crippen LogP contribution >= 0.6 is 11.8 Å². The van der Waals surface area contributed by atoms with E-state index < -0.39 is 6.55 Å². The molecule has 104 valence electrons. The van der Waals surface area contributed by atoms with Crippen LogP contribution in [-0.4, -0.2) is 27.8 Å². The van der Waals surface area contributed by atoms with Crippen molar-refractivity contribution in [2.45, 2.75) is 11.7 Å². The predicted octanol–water partition coefficient (Wildman–Crippen LogP) is 2.27. The molecule has 1 heterocycles. The van der Waals surface area contributed by atoms with Crippen molar-refractivity contribution in [3.8, 4) is 12.3 Å². The van der Waals surface area contributed by atoms with Gasteiger partial charge < -0.3 is 5.32 Å². The van der Waals surface area contributed by atoms with E-state index in [-0.39, 0.29) is 23.4 Å². The molecule has 0 unspecified atom stereocenters. The fraction of sp³-hybridized carbons (Fsp3) is 0.231. The molecule has 0 aliphatic heterocycles. The number of carbonyl (C=O) groups excluding carboxylic acids is 1. The van der Waals surface area contributed by atoms with Crippen LogP contribution in [-0.2, 0) is 4.79 Å². The molecular formula is C13H11F2N3OS. The zero-order valence-electron chi connectivity index (χ0n) is 10.3. The van der Waals surface area contributed by atoms with Gasteiger partial charge in [0.05, 0.1) is 23.3 Å². The van der Waals surface area contributed by atoms with Crippen molar-refractivity contribution in [1.82, 2.24) is 14.9 Å². The third-order valence-electron chi connectivity index (χ3n) is 2.48. The van der Waals surface area contributed by atoms with Gasteiger partial charge in [0.2, 0.25) is 5.91 Å². The lowest BCUT2D eigenvalue weighted by Crippen LogP contribution is -2.25. The molecule has 0 radical (unpaired) electrons. The average molecular weight is 295 g/mol. The maximum absolute atomic E-state index is 13.1. The van der Waals surface area contributed by atoms with E-state index in [1.54, 1.807) is 24.3 Å². The highest BCUT2D eigenvalue weighted by Crippen LogP contribution is 2.28. The van der Waals surface area contributed by atoms with E-state index in [1.165, 1.54) is 0 Å². The molecule has 2 aromatic rings. The van der Waals surface area contributed by atoms with Crippen molar-refractivity contribution in [3.05, 3.63) is 24.3 Å². The van der Waals surface area contributed by atoms with Crippen LogP contribution in [0.15, 0.2) is 29.4 Å². The Balaban J connectivity index is 2.19. The summed E-state index contributed by atoms with van der Waals surface area (Å²) in [6.07, 6.45) is 5.01. The molecule has 0 saturated carbocycles. The van der Waals surface area contributed by atoms with Crippen LogP contribution in [0.4, 0.5) is 8.78 Å². The lowest BCUT2D eigenvalue weighted by molar-refractivity contribution is -0.118. The average Bonchev–Trinajstić information content (AvgIpc) is 2.81. The summed E-state index contributed by atoms with van der Waals surface area (Å²) in [5, 5.41) is 2.57. The van der Waals surface area contributed by atoms with E-state index in [1.807, 2.05) is 0 Å². The van der Waals surface area contributed by atoms with Gasteiger partial charge >= 0.3 is 6.55 Å². The highest BCUT2D eigenvalue weighted by atomic mass is 32.2. The van der Waals surface area contributed by atoms with Gasteiger partial charge in [0.15, 0.2) is 5.16 Å². The van der Waals surface area contributed by atoms with Gasteiger partial charge in [-0.15, -0.1) is 6.42 Å². The Labute approximate surface area is 118 Å². The van der Waals surface area contributed by atoms with Gasteiger partial charge in [-0.25, -0.2) is 4.98 Å². The van der Waals surface area contributed by atoms with Gasteiger partial charge in [-0.05, 0) is 12.1 Å². The number of nitrogens with zero attached hydrogens (tertiary/aromatic N) is 2. The molecule has 1 N–H and O–H groups in total. The Hall–Kier alpha value is -2.07. The molecule has 0 spiro atoms. The van der Waals surface area contributed by atoms with Gasteiger partial charge in [-0.1, -0.05) is 29.8 Å². The summed E-state index contributed by atoms with van der Waals surface area (Å²) in [5.41, 5.74) is 0.813. The molecule has 1 aromatic carbocycles. The Kier molecular flexibility index (Phi) is 4.58. The predicted molar refractivity (Wildman–Crippen MR) is 73.6 cm³/mol. The van der Waals surface area contributed by atoms with Crippen molar-refractivity contribution < 1.29 is 13.6 Å². The number of carbonyl (C=O) groups is 1. The van der Waals surface area contributed by atoms with Gasteiger partial charge in [-0.2, -0.15) is 8.78 Å². The van der Waals surface area contributed by atoms with Crippen molar-refractivity contribution in [3.63, 3.8) is 0 Å². The third-order valence-corrected chi connectivity index (χ3v) is 3.43. The maximum Gasteiger partial charge on any atom is 0.321 e. The van der Waals surface area contributed by atoms with Crippen LogP contribution in [0.3, 0.4) is 0 Å². The largest absolute Gasteiger partial charge is 0.344 e. The number of nitrogens with one attached hydrogen (secondary N) is 1. The van der Waals surface area contributed by atoms with Crippen molar-refractivity contribution in [2.75, 3.05) is 12.3 Å². The SMILES string of the molecule is C#CCNC(=O)CSc1nc2ccccc2n1C(F)F. The number of halogens is 2. The second-order valence-electron chi connectivity index (χ2n) is 3.80. The molecule has 0 bridgehead atoms. The second-order valence-corrected chi connectivity index (χ2v) is 4.74. The number of hydrogen-bond donors (Lipinski definition) is 1. The Morgan fingerprint density at radius 2 is 2.25 bits per heavy atom. The number of terminal acetylenes is 1. The molecule has 0 aliphatic rings. The number of benzene rings is 1. The van der Waals surface area contributed by atoms with E-state index >= 15 is 0 Å². The van der Waals surface area contributed by atoms with Gasteiger partial charge in [-0.3, -0.25) is 9.36 Å². The van der Waals surface area contributed by atoms with Gasteiger partial charge in [0, 0.05) is 0 Å². The number of thioether (sulfide) groups is 1. The number of rotatable bonds is 5. The topological polar surface area (TPSA) is 46.9 Å². The third kappa shape index (κ3) is 3.08. The molecule has 4 nitrogen and oxygen atoms in total. The first-order valence-corrected chi connectivity index (χ1v) is 6.70. The quantitative estimate of drug-likeness (QED) is 0.680. The number of fused-ring (bicyclic) bond motifs is 1. The molecule has 2 rings (SSSR count). The molecular weight excluding hydrogens is 284 g/mol. The van der Waals surface area contributed by atoms with Crippen LogP contribution < -0.4 is 5.32 Å². The number of imidazole rings is 1. The summed E-state index contributed by atoms with van der Waals surface area (Å²) in [5.74, 6) is 1.93. The molecule has 0 saturated heterocycles. The Morgan fingerprint density at radius 1 is 1.50 bits per heavy atom. The van der Waals surface area contributed by atoms with Gasteiger partial charge in [0.1, 0.15) is 0 Å². The fourth-order valence-corrected chi connectivity index (χ4v) is 2.49. The summed E-state index contributed by atoms with van der Waals surface area (Å²) < 4.78 is 27.0. The molecule has 1 amide bonds.